The molecule has 0 saturated heterocycles. The van der Waals surface area contributed by atoms with Crippen LogP contribution in [0, 0.1) is 5.82 Å². The zero-order chi connectivity index (χ0) is 14.7. The molecule has 20 heavy (non-hydrogen) atoms. The summed E-state index contributed by atoms with van der Waals surface area (Å²) in [5, 5.41) is -0.511. The van der Waals surface area contributed by atoms with Crippen LogP contribution in [0.1, 0.15) is 16.5 Å². The number of rotatable bonds is 4. The van der Waals surface area contributed by atoms with Crippen LogP contribution in [0.4, 0.5) is 4.39 Å². The molecule has 106 valence electrons. The van der Waals surface area contributed by atoms with Crippen molar-refractivity contribution < 1.29 is 13.9 Å². The van der Waals surface area contributed by atoms with Crippen LogP contribution in [0.25, 0.3) is 0 Å². The first kappa shape index (κ1) is 15.1. The van der Waals surface area contributed by atoms with E-state index in [0.717, 1.165) is 10.0 Å². The van der Waals surface area contributed by atoms with Gasteiger partial charge in [0.1, 0.15) is 17.3 Å². The molecule has 0 fully saturated rings. The lowest BCUT2D eigenvalue weighted by molar-refractivity contribution is 0.408. The van der Waals surface area contributed by atoms with E-state index in [4.69, 9.17) is 21.1 Å². The van der Waals surface area contributed by atoms with E-state index in [1.807, 2.05) is 12.1 Å². The van der Waals surface area contributed by atoms with Crippen LogP contribution in [0.2, 0.25) is 0 Å². The van der Waals surface area contributed by atoms with Gasteiger partial charge in [-0.05, 0) is 51.8 Å². The largest absolute Gasteiger partial charge is 0.496 e. The first-order valence-electron chi connectivity index (χ1n) is 5.87. The van der Waals surface area contributed by atoms with Gasteiger partial charge >= 0.3 is 0 Å². The molecule has 0 aliphatic rings. The molecule has 0 saturated carbocycles. The van der Waals surface area contributed by atoms with Gasteiger partial charge in [0.25, 0.3) is 0 Å². The molecule has 0 aliphatic heterocycles. The molecule has 0 radical (unpaired) electrons. The van der Waals surface area contributed by atoms with Crippen LogP contribution in [0.3, 0.4) is 0 Å². The Balaban J connectivity index is 2.43. The molecule has 1 unspecified atom stereocenters. The molecular formula is C15H13BrClFO2. The number of hydrogen-bond donors (Lipinski definition) is 0. The third kappa shape index (κ3) is 3.07. The summed E-state index contributed by atoms with van der Waals surface area (Å²) in [6, 6.07) is 9.79. The second-order valence-electron chi connectivity index (χ2n) is 4.14. The third-order valence-electron chi connectivity index (χ3n) is 2.93. The number of methoxy groups -OCH3 is 2. The molecule has 2 aromatic carbocycles. The molecule has 0 heterocycles. The van der Waals surface area contributed by atoms with Crippen LogP contribution in [-0.2, 0) is 0 Å². The van der Waals surface area contributed by atoms with E-state index < -0.39 is 5.38 Å². The van der Waals surface area contributed by atoms with E-state index in [-0.39, 0.29) is 5.82 Å². The van der Waals surface area contributed by atoms with Gasteiger partial charge in [-0.2, -0.15) is 0 Å². The molecule has 0 aromatic heterocycles. The minimum atomic E-state index is -0.511. The first-order chi connectivity index (χ1) is 9.56. The fraction of sp³-hybridized carbons (Fsp3) is 0.200. The smallest absolute Gasteiger partial charge is 0.133 e. The molecule has 5 heteroatoms. The summed E-state index contributed by atoms with van der Waals surface area (Å²) >= 11 is 9.86. The Morgan fingerprint density at radius 1 is 1.05 bits per heavy atom. The van der Waals surface area contributed by atoms with Crippen molar-refractivity contribution >= 4 is 27.5 Å². The topological polar surface area (TPSA) is 18.5 Å². The van der Waals surface area contributed by atoms with Crippen molar-refractivity contribution in [3.63, 3.8) is 0 Å². The van der Waals surface area contributed by atoms with E-state index in [1.54, 1.807) is 19.2 Å². The minimum absolute atomic E-state index is 0.348. The molecule has 1 atom stereocenters. The van der Waals surface area contributed by atoms with Gasteiger partial charge in [-0.25, -0.2) is 4.39 Å². The lowest BCUT2D eigenvalue weighted by Crippen LogP contribution is -1.99. The van der Waals surface area contributed by atoms with E-state index in [0.29, 0.717) is 17.1 Å². The van der Waals surface area contributed by atoms with Crippen molar-refractivity contribution in [1.29, 1.82) is 0 Å². The summed E-state index contributed by atoms with van der Waals surface area (Å²) in [5.41, 5.74) is 1.41. The molecule has 0 bridgehead atoms. The fourth-order valence-electron chi connectivity index (χ4n) is 1.92. The molecular weight excluding hydrogens is 347 g/mol. The maximum absolute atomic E-state index is 13.4. The summed E-state index contributed by atoms with van der Waals surface area (Å²) in [6.45, 7) is 0. The van der Waals surface area contributed by atoms with Gasteiger partial charge in [-0.3, -0.25) is 0 Å². The average Bonchev–Trinajstić information content (AvgIpc) is 2.46. The molecule has 0 spiro atoms. The van der Waals surface area contributed by atoms with Gasteiger partial charge in [0.05, 0.1) is 24.1 Å². The Morgan fingerprint density at radius 3 is 2.30 bits per heavy atom. The quantitative estimate of drug-likeness (QED) is 0.720. The fourth-order valence-corrected chi connectivity index (χ4v) is 2.79. The first-order valence-corrected chi connectivity index (χ1v) is 7.10. The van der Waals surface area contributed by atoms with Gasteiger partial charge in [0.2, 0.25) is 0 Å². The Labute approximate surface area is 130 Å². The van der Waals surface area contributed by atoms with Gasteiger partial charge in [0.15, 0.2) is 0 Å². The van der Waals surface area contributed by atoms with Crippen molar-refractivity contribution in [3.05, 3.63) is 57.8 Å². The van der Waals surface area contributed by atoms with E-state index in [2.05, 4.69) is 15.9 Å². The number of hydrogen-bond acceptors (Lipinski definition) is 2. The molecule has 2 rings (SSSR count). The summed E-state index contributed by atoms with van der Waals surface area (Å²) < 4.78 is 24.6. The number of benzene rings is 2. The maximum Gasteiger partial charge on any atom is 0.133 e. The molecule has 2 nitrogen and oxygen atoms in total. The molecule has 0 amide bonds. The van der Waals surface area contributed by atoms with Crippen molar-refractivity contribution in [1.82, 2.24) is 0 Å². The molecule has 0 aliphatic carbocycles. The van der Waals surface area contributed by atoms with Gasteiger partial charge in [-0.15, -0.1) is 11.6 Å². The van der Waals surface area contributed by atoms with Crippen molar-refractivity contribution in [3.8, 4) is 11.5 Å². The van der Waals surface area contributed by atoms with Crippen molar-refractivity contribution in [2.75, 3.05) is 14.2 Å². The Hall–Kier alpha value is -1.26. The Morgan fingerprint density at radius 2 is 1.70 bits per heavy atom. The molecule has 2 aromatic rings. The normalized spacial score (nSPS) is 12.1. The highest BCUT2D eigenvalue weighted by molar-refractivity contribution is 9.10. The number of alkyl halides is 1. The lowest BCUT2D eigenvalue weighted by Gasteiger charge is -2.15. The van der Waals surface area contributed by atoms with Crippen LogP contribution in [0.5, 0.6) is 11.5 Å². The maximum atomic E-state index is 13.4. The zero-order valence-electron chi connectivity index (χ0n) is 11.0. The van der Waals surface area contributed by atoms with Crippen LogP contribution in [0.15, 0.2) is 40.9 Å². The van der Waals surface area contributed by atoms with E-state index >= 15 is 0 Å². The minimum Gasteiger partial charge on any atom is -0.496 e. The summed E-state index contributed by atoms with van der Waals surface area (Å²) in [5.74, 6) is 0.918. The highest BCUT2D eigenvalue weighted by Gasteiger charge is 2.17. The van der Waals surface area contributed by atoms with Crippen LogP contribution < -0.4 is 9.47 Å². The SMILES string of the molecule is COc1ccc(C(Cl)c2cc(F)ccc2OC)cc1Br. The van der Waals surface area contributed by atoms with Gasteiger partial charge < -0.3 is 9.47 Å². The Kier molecular flexibility index (Phi) is 4.89. The van der Waals surface area contributed by atoms with Crippen LogP contribution in [-0.4, -0.2) is 14.2 Å². The van der Waals surface area contributed by atoms with Crippen molar-refractivity contribution in [2.24, 2.45) is 0 Å². The summed E-state index contributed by atoms with van der Waals surface area (Å²) in [4.78, 5) is 0. The summed E-state index contributed by atoms with van der Waals surface area (Å²) in [6.07, 6.45) is 0. The highest BCUT2D eigenvalue weighted by Crippen LogP contribution is 2.38. The van der Waals surface area contributed by atoms with Crippen LogP contribution >= 0.6 is 27.5 Å². The monoisotopic (exact) mass is 358 g/mol. The lowest BCUT2D eigenvalue weighted by atomic mass is 10.0. The predicted octanol–water partition coefficient (Wildman–Crippen LogP) is 4.93. The Bertz CT molecular complexity index is 619. The third-order valence-corrected chi connectivity index (χ3v) is 4.04. The van der Waals surface area contributed by atoms with Gasteiger partial charge in [-0.1, -0.05) is 6.07 Å². The number of ether oxygens (including phenoxy) is 2. The van der Waals surface area contributed by atoms with Gasteiger partial charge in [0, 0.05) is 5.56 Å². The number of halogens is 3. The van der Waals surface area contributed by atoms with Crippen molar-refractivity contribution in [2.45, 2.75) is 5.38 Å². The summed E-state index contributed by atoms with van der Waals surface area (Å²) in [7, 11) is 3.12. The van der Waals surface area contributed by atoms with E-state index in [9.17, 15) is 4.39 Å². The van der Waals surface area contributed by atoms with E-state index in [1.165, 1.54) is 19.2 Å². The standard InChI is InChI=1S/C15H13BrClFO2/c1-19-13-6-4-10(18)8-11(13)15(17)9-3-5-14(20-2)12(16)7-9/h3-8,15H,1-2H3. The second-order valence-corrected chi connectivity index (χ2v) is 5.43. The average molecular weight is 360 g/mol. The predicted molar refractivity (Wildman–Crippen MR) is 81.3 cm³/mol. The highest BCUT2D eigenvalue weighted by atomic mass is 79.9. The molecule has 0 N–H and O–H groups in total. The second kappa shape index (κ2) is 6.46. The zero-order valence-corrected chi connectivity index (χ0v) is 13.3.